The van der Waals surface area contributed by atoms with Crippen LogP contribution in [-0.4, -0.2) is 19.0 Å². The van der Waals surface area contributed by atoms with Gasteiger partial charge in [-0.05, 0) is 30.2 Å². The van der Waals surface area contributed by atoms with E-state index < -0.39 is 0 Å². The molecule has 1 fully saturated rings. The van der Waals surface area contributed by atoms with Crippen LogP contribution < -0.4 is 10.6 Å². The number of nitrogens with one attached hydrogen (secondary N) is 2. The second kappa shape index (κ2) is 7.16. The zero-order valence-electron chi connectivity index (χ0n) is 13.1. The second-order valence-electron chi connectivity index (χ2n) is 6.06. The van der Waals surface area contributed by atoms with Crippen molar-refractivity contribution < 1.29 is 4.79 Å². The van der Waals surface area contributed by atoms with Gasteiger partial charge in [0.2, 0.25) is 5.91 Å². The van der Waals surface area contributed by atoms with Crippen LogP contribution in [0.4, 0.5) is 0 Å². The zero-order valence-corrected chi connectivity index (χ0v) is 13.9. The molecule has 23 heavy (non-hydrogen) atoms. The molecule has 3 atom stereocenters. The van der Waals surface area contributed by atoms with Gasteiger partial charge < -0.3 is 10.6 Å². The quantitative estimate of drug-likeness (QED) is 0.901. The fourth-order valence-electron chi connectivity index (χ4n) is 3.16. The minimum absolute atomic E-state index is 0.00941. The maximum atomic E-state index is 12.7. The van der Waals surface area contributed by atoms with Gasteiger partial charge in [0, 0.05) is 24.0 Å². The number of rotatable bonds is 4. The number of carbonyl (C=O) groups is 1. The van der Waals surface area contributed by atoms with E-state index in [-0.39, 0.29) is 23.8 Å². The Bertz CT molecular complexity index is 657. The van der Waals surface area contributed by atoms with Crippen LogP contribution in [0.2, 0.25) is 5.02 Å². The van der Waals surface area contributed by atoms with Gasteiger partial charge in [-0.1, -0.05) is 54.1 Å². The Morgan fingerprint density at radius 1 is 1.13 bits per heavy atom. The third-order valence-electron chi connectivity index (χ3n) is 4.51. The molecule has 0 aromatic heterocycles. The summed E-state index contributed by atoms with van der Waals surface area (Å²) in [5.74, 6) is 0.240. The molecule has 0 spiro atoms. The van der Waals surface area contributed by atoms with E-state index in [1.807, 2.05) is 61.5 Å². The van der Waals surface area contributed by atoms with E-state index in [2.05, 4.69) is 10.6 Å². The SMILES string of the molecule is C[C@@H](NC(=O)[C@@H]1CNC[C@H]1c1ccc(Cl)cc1)c1ccccc1. The highest BCUT2D eigenvalue weighted by Gasteiger charge is 2.34. The molecule has 0 bridgehead atoms. The summed E-state index contributed by atoms with van der Waals surface area (Å²) >= 11 is 5.96. The van der Waals surface area contributed by atoms with Crippen molar-refractivity contribution in [2.75, 3.05) is 13.1 Å². The normalized spacial score (nSPS) is 21.8. The average molecular weight is 329 g/mol. The van der Waals surface area contributed by atoms with Crippen LogP contribution in [0.25, 0.3) is 0 Å². The Kier molecular flexibility index (Phi) is 4.99. The van der Waals surface area contributed by atoms with Gasteiger partial charge in [0.15, 0.2) is 0 Å². The minimum atomic E-state index is -0.0534. The summed E-state index contributed by atoms with van der Waals surface area (Å²) in [6.07, 6.45) is 0. The van der Waals surface area contributed by atoms with Gasteiger partial charge in [-0.2, -0.15) is 0 Å². The topological polar surface area (TPSA) is 41.1 Å². The summed E-state index contributed by atoms with van der Waals surface area (Å²) in [5, 5.41) is 7.20. The van der Waals surface area contributed by atoms with Crippen LogP contribution in [0, 0.1) is 5.92 Å². The van der Waals surface area contributed by atoms with E-state index in [4.69, 9.17) is 11.6 Å². The molecular formula is C19H21ClN2O. The van der Waals surface area contributed by atoms with Crippen LogP contribution in [0.3, 0.4) is 0 Å². The molecule has 0 aliphatic carbocycles. The monoisotopic (exact) mass is 328 g/mol. The standard InChI is InChI=1S/C19H21ClN2O/c1-13(14-5-3-2-4-6-14)22-19(23)18-12-21-11-17(18)15-7-9-16(20)10-8-15/h2-10,13,17-18,21H,11-12H2,1H3,(H,22,23)/t13-,17+,18-/m1/s1. The summed E-state index contributed by atoms with van der Waals surface area (Å²) in [5.41, 5.74) is 2.28. The van der Waals surface area contributed by atoms with Gasteiger partial charge in [-0.3, -0.25) is 4.79 Å². The molecule has 3 rings (SSSR count). The minimum Gasteiger partial charge on any atom is -0.349 e. The summed E-state index contributed by atoms with van der Waals surface area (Å²) in [4.78, 5) is 12.7. The van der Waals surface area contributed by atoms with Crippen LogP contribution >= 0.6 is 11.6 Å². The summed E-state index contributed by atoms with van der Waals surface area (Å²) in [7, 11) is 0. The highest BCUT2D eigenvalue weighted by molar-refractivity contribution is 6.30. The van der Waals surface area contributed by atoms with Crippen molar-refractivity contribution in [1.29, 1.82) is 0 Å². The van der Waals surface area contributed by atoms with Gasteiger partial charge >= 0.3 is 0 Å². The molecule has 1 aliphatic heterocycles. The summed E-state index contributed by atoms with van der Waals surface area (Å²) in [6, 6.07) is 17.8. The van der Waals surface area contributed by atoms with Crippen molar-refractivity contribution >= 4 is 17.5 Å². The maximum absolute atomic E-state index is 12.7. The number of carbonyl (C=O) groups excluding carboxylic acids is 1. The molecule has 1 heterocycles. The number of benzene rings is 2. The Hall–Kier alpha value is -1.84. The van der Waals surface area contributed by atoms with Crippen molar-refractivity contribution in [3.63, 3.8) is 0 Å². The molecule has 2 aromatic rings. The molecule has 1 amide bonds. The first-order chi connectivity index (χ1) is 11.1. The van der Waals surface area contributed by atoms with Gasteiger partial charge in [0.05, 0.1) is 12.0 Å². The Balaban J connectivity index is 1.69. The van der Waals surface area contributed by atoms with E-state index in [1.54, 1.807) is 0 Å². The Morgan fingerprint density at radius 2 is 1.83 bits per heavy atom. The highest BCUT2D eigenvalue weighted by Crippen LogP contribution is 2.29. The van der Waals surface area contributed by atoms with E-state index in [9.17, 15) is 4.79 Å². The first kappa shape index (κ1) is 16.0. The second-order valence-corrected chi connectivity index (χ2v) is 6.50. The molecule has 3 nitrogen and oxygen atoms in total. The third-order valence-corrected chi connectivity index (χ3v) is 4.76. The molecule has 4 heteroatoms. The van der Waals surface area contributed by atoms with Gasteiger partial charge in [-0.15, -0.1) is 0 Å². The molecule has 1 saturated heterocycles. The first-order valence-electron chi connectivity index (χ1n) is 7.96. The van der Waals surface area contributed by atoms with Crippen molar-refractivity contribution in [2.45, 2.75) is 18.9 Å². The van der Waals surface area contributed by atoms with Crippen molar-refractivity contribution in [1.82, 2.24) is 10.6 Å². The average Bonchev–Trinajstić information content (AvgIpc) is 3.06. The van der Waals surface area contributed by atoms with Crippen molar-refractivity contribution in [3.05, 3.63) is 70.7 Å². The lowest BCUT2D eigenvalue weighted by atomic mass is 9.88. The van der Waals surface area contributed by atoms with Gasteiger partial charge in [-0.25, -0.2) is 0 Å². The fourth-order valence-corrected chi connectivity index (χ4v) is 3.29. The fraction of sp³-hybridized carbons (Fsp3) is 0.316. The lowest BCUT2D eigenvalue weighted by molar-refractivity contribution is -0.125. The van der Waals surface area contributed by atoms with Crippen LogP contribution in [0.1, 0.15) is 30.0 Å². The number of amides is 1. The van der Waals surface area contributed by atoms with Crippen molar-refractivity contribution in [2.24, 2.45) is 5.92 Å². The largest absolute Gasteiger partial charge is 0.349 e. The molecular weight excluding hydrogens is 308 g/mol. The lowest BCUT2D eigenvalue weighted by Crippen LogP contribution is -2.36. The van der Waals surface area contributed by atoms with Crippen LogP contribution in [0.15, 0.2) is 54.6 Å². The summed E-state index contributed by atoms with van der Waals surface area (Å²) in [6.45, 7) is 3.55. The Labute approximate surface area is 142 Å². The first-order valence-corrected chi connectivity index (χ1v) is 8.34. The third kappa shape index (κ3) is 3.74. The number of hydrogen-bond acceptors (Lipinski definition) is 2. The van der Waals surface area contributed by atoms with E-state index >= 15 is 0 Å². The zero-order chi connectivity index (χ0) is 16.2. The van der Waals surface area contributed by atoms with Crippen LogP contribution in [0.5, 0.6) is 0 Å². The predicted molar refractivity (Wildman–Crippen MR) is 93.6 cm³/mol. The molecule has 0 radical (unpaired) electrons. The Morgan fingerprint density at radius 3 is 2.52 bits per heavy atom. The number of hydrogen-bond donors (Lipinski definition) is 2. The molecule has 1 aliphatic rings. The molecule has 2 aromatic carbocycles. The van der Waals surface area contributed by atoms with E-state index in [0.29, 0.717) is 6.54 Å². The molecule has 2 N–H and O–H groups in total. The van der Waals surface area contributed by atoms with Crippen molar-refractivity contribution in [3.8, 4) is 0 Å². The number of halogens is 1. The maximum Gasteiger partial charge on any atom is 0.225 e. The van der Waals surface area contributed by atoms with Gasteiger partial charge in [0.1, 0.15) is 0 Å². The van der Waals surface area contributed by atoms with Crippen LogP contribution in [-0.2, 0) is 4.79 Å². The van der Waals surface area contributed by atoms with E-state index in [1.165, 1.54) is 0 Å². The van der Waals surface area contributed by atoms with E-state index in [0.717, 1.165) is 22.7 Å². The molecule has 0 unspecified atom stereocenters. The molecule has 120 valence electrons. The predicted octanol–water partition coefficient (Wildman–Crippen LogP) is 3.52. The smallest absolute Gasteiger partial charge is 0.225 e. The molecule has 0 saturated carbocycles. The lowest BCUT2D eigenvalue weighted by Gasteiger charge is -2.22. The highest BCUT2D eigenvalue weighted by atomic mass is 35.5. The van der Waals surface area contributed by atoms with Gasteiger partial charge in [0.25, 0.3) is 0 Å². The summed E-state index contributed by atoms with van der Waals surface area (Å²) < 4.78 is 0.